The Morgan fingerprint density at radius 2 is 1.19 bits per heavy atom. The molecule has 0 saturated heterocycles. The lowest BCUT2D eigenvalue weighted by molar-refractivity contribution is -0.113. The van der Waals surface area contributed by atoms with Gasteiger partial charge >= 0.3 is 0 Å². The smallest absolute Gasteiger partial charge is 0.268 e. The summed E-state index contributed by atoms with van der Waals surface area (Å²) in [5.41, 5.74) is 5.58. The highest BCUT2D eigenvalue weighted by atomic mass is 32.2. The van der Waals surface area contributed by atoms with Crippen molar-refractivity contribution in [2.75, 3.05) is 4.31 Å². The summed E-state index contributed by atoms with van der Waals surface area (Å²) in [6, 6.07) is 35.3. The number of nitrogens with zero attached hydrogens (tertiary/aromatic N) is 1. The molecule has 0 spiro atoms. The van der Waals surface area contributed by atoms with Gasteiger partial charge in [0.15, 0.2) is 0 Å². The molecular formula is C31H27NO3S. The van der Waals surface area contributed by atoms with Gasteiger partial charge in [-0.1, -0.05) is 104 Å². The summed E-state index contributed by atoms with van der Waals surface area (Å²) in [6.07, 6.45) is 1.81. The number of benzene rings is 4. The van der Waals surface area contributed by atoms with Crippen molar-refractivity contribution in [3.8, 4) is 0 Å². The van der Waals surface area contributed by atoms with Crippen LogP contribution in [0.25, 0.3) is 11.1 Å². The Morgan fingerprint density at radius 1 is 0.722 bits per heavy atom. The maximum atomic E-state index is 13.4. The van der Waals surface area contributed by atoms with Crippen LogP contribution in [0.15, 0.2) is 133 Å². The second-order valence-corrected chi connectivity index (χ2v) is 9.90. The van der Waals surface area contributed by atoms with Gasteiger partial charge in [0.1, 0.15) is 0 Å². The third-order valence-electron chi connectivity index (χ3n) is 5.89. The molecular weight excluding hydrogens is 466 g/mol. The SMILES string of the molecule is C=CC(=O)N(c1ccc(C(=C(CC)c2ccccc2)c2ccccc2)cc1)S(=O)(=O)c1ccccc1. The summed E-state index contributed by atoms with van der Waals surface area (Å²) < 4.78 is 27.5. The molecule has 5 heteroatoms. The standard InChI is InChI=1S/C31H27NO3S/c1-3-29(24-14-8-5-9-15-24)31(25-16-10-6-11-17-25)26-20-22-27(23-21-26)32(30(33)4-2)36(34,35)28-18-12-7-13-19-28/h4-23H,2-3H2,1H3. The predicted octanol–water partition coefficient (Wildman–Crippen LogP) is 6.96. The Labute approximate surface area is 212 Å². The van der Waals surface area contributed by atoms with E-state index in [0.29, 0.717) is 0 Å². The third-order valence-corrected chi connectivity index (χ3v) is 7.63. The Balaban J connectivity index is 1.86. The van der Waals surface area contributed by atoms with Crippen LogP contribution in [0.1, 0.15) is 30.0 Å². The minimum absolute atomic E-state index is 0.0338. The zero-order valence-corrected chi connectivity index (χ0v) is 20.9. The van der Waals surface area contributed by atoms with Crippen molar-refractivity contribution in [2.24, 2.45) is 0 Å². The highest BCUT2D eigenvalue weighted by molar-refractivity contribution is 7.93. The molecule has 0 aliphatic rings. The van der Waals surface area contributed by atoms with E-state index < -0.39 is 15.9 Å². The van der Waals surface area contributed by atoms with E-state index in [9.17, 15) is 13.2 Å². The third kappa shape index (κ3) is 5.07. The van der Waals surface area contributed by atoms with E-state index in [1.165, 1.54) is 17.7 Å². The fourth-order valence-corrected chi connectivity index (χ4v) is 5.64. The number of hydrogen-bond acceptors (Lipinski definition) is 3. The number of amides is 1. The number of carbonyl (C=O) groups is 1. The topological polar surface area (TPSA) is 54.5 Å². The summed E-state index contributed by atoms with van der Waals surface area (Å²) >= 11 is 0. The maximum absolute atomic E-state index is 13.4. The maximum Gasteiger partial charge on any atom is 0.271 e. The highest BCUT2D eigenvalue weighted by Gasteiger charge is 2.29. The van der Waals surface area contributed by atoms with Gasteiger partial charge in [0, 0.05) is 0 Å². The predicted molar refractivity (Wildman–Crippen MR) is 147 cm³/mol. The van der Waals surface area contributed by atoms with E-state index in [1.807, 2.05) is 48.5 Å². The molecule has 1 amide bonds. The Hall–Kier alpha value is -4.22. The minimum Gasteiger partial charge on any atom is -0.268 e. The van der Waals surface area contributed by atoms with Crippen molar-refractivity contribution in [3.63, 3.8) is 0 Å². The molecule has 0 aromatic heterocycles. The number of anilines is 1. The molecule has 0 atom stereocenters. The molecule has 0 saturated carbocycles. The quantitative estimate of drug-likeness (QED) is 0.197. The van der Waals surface area contributed by atoms with Crippen LogP contribution in [-0.2, 0) is 14.8 Å². The zero-order valence-electron chi connectivity index (χ0n) is 20.0. The summed E-state index contributed by atoms with van der Waals surface area (Å²) in [7, 11) is -4.11. The number of rotatable bonds is 8. The second kappa shape index (κ2) is 11.0. The molecule has 0 radical (unpaired) electrons. The lowest BCUT2D eigenvalue weighted by Crippen LogP contribution is -2.35. The zero-order chi connectivity index (χ0) is 25.5. The monoisotopic (exact) mass is 493 g/mol. The van der Waals surface area contributed by atoms with Crippen LogP contribution >= 0.6 is 0 Å². The number of sulfonamides is 1. The van der Waals surface area contributed by atoms with E-state index in [1.54, 1.807) is 30.3 Å². The van der Waals surface area contributed by atoms with E-state index in [4.69, 9.17) is 0 Å². The largest absolute Gasteiger partial charge is 0.271 e. The van der Waals surface area contributed by atoms with Crippen LogP contribution in [0.4, 0.5) is 5.69 Å². The molecule has 0 bridgehead atoms. The van der Waals surface area contributed by atoms with Crippen LogP contribution in [0.3, 0.4) is 0 Å². The normalized spacial score (nSPS) is 11.9. The first-order valence-electron chi connectivity index (χ1n) is 11.7. The van der Waals surface area contributed by atoms with Crippen LogP contribution in [0, 0.1) is 0 Å². The lowest BCUT2D eigenvalue weighted by Gasteiger charge is -2.22. The molecule has 4 nitrogen and oxygen atoms in total. The fourth-order valence-electron chi connectivity index (χ4n) is 4.21. The van der Waals surface area contributed by atoms with Crippen molar-refractivity contribution < 1.29 is 13.2 Å². The Bertz CT molecular complexity index is 1480. The first-order chi connectivity index (χ1) is 17.5. The van der Waals surface area contributed by atoms with Gasteiger partial charge in [0.2, 0.25) is 0 Å². The minimum atomic E-state index is -4.11. The van der Waals surface area contributed by atoms with Gasteiger partial charge in [-0.25, -0.2) is 8.42 Å². The van der Waals surface area contributed by atoms with Crippen molar-refractivity contribution >= 4 is 32.8 Å². The van der Waals surface area contributed by atoms with E-state index >= 15 is 0 Å². The van der Waals surface area contributed by atoms with Crippen LogP contribution in [0.2, 0.25) is 0 Å². The van der Waals surface area contributed by atoms with Crippen molar-refractivity contribution in [1.29, 1.82) is 0 Å². The second-order valence-electron chi connectivity index (χ2n) is 8.11. The van der Waals surface area contributed by atoms with Gasteiger partial charge in [0.25, 0.3) is 15.9 Å². The highest BCUT2D eigenvalue weighted by Crippen LogP contribution is 2.35. The average Bonchev–Trinajstić information content (AvgIpc) is 2.93. The van der Waals surface area contributed by atoms with Crippen LogP contribution in [0.5, 0.6) is 0 Å². The molecule has 4 aromatic rings. The summed E-state index contributed by atoms with van der Waals surface area (Å²) in [5.74, 6) is -0.719. The van der Waals surface area contributed by atoms with E-state index in [0.717, 1.165) is 39.1 Å². The molecule has 0 unspecified atom stereocenters. The summed E-state index contributed by atoms with van der Waals surface area (Å²) in [4.78, 5) is 12.8. The molecule has 0 fully saturated rings. The first kappa shape index (κ1) is 24.9. The van der Waals surface area contributed by atoms with Gasteiger partial charge in [-0.05, 0) is 64.6 Å². The molecule has 4 aromatic carbocycles. The lowest BCUT2D eigenvalue weighted by atomic mass is 9.88. The van der Waals surface area contributed by atoms with Crippen molar-refractivity contribution in [2.45, 2.75) is 18.2 Å². The molecule has 180 valence electrons. The molecule has 0 aliphatic carbocycles. The number of hydrogen-bond donors (Lipinski definition) is 0. The first-order valence-corrected chi connectivity index (χ1v) is 13.1. The molecule has 0 N–H and O–H groups in total. The van der Waals surface area contributed by atoms with Crippen LogP contribution < -0.4 is 4.31 Å². The number of allylic oxidation sites excluding steroid dienone is 1. The Morgan fingerprint density at radius 3 is 1.69 bits per heavy atom. The van der Waals surface area contributed by atoms with Gasteiger partial charge in [-0.15, -0.1) is 0 Å². The van der Waals surface area contributed by atoms with Gasteiger partial charge in [-0.3, -0.25) is 4.79 Å². The van der Waals surface area contributed by atoms with Crippen molar-refractivity contribution in [3.05, 3.63) is 145 Å². The van der Waals surface area contributed by atoms with Crippen LogP contribution in [-0.4, -0.2) is 14.3 Å². The van der Waals surface area contributed by atoms with Gasteiger partial charge in [-0.2, -0.15) is 4.31 Å². The van der Waals surface area contributed by atoms with Gasteiger partial charge in [0.05, 0.1) is 10.6 Å². The average molecular weight is 494 g/mol. The molecule has 0 heterocycles. The molecule has 4 rings (SSSR count). The summed E-state index contributed by atoms with van der Waals surface area (Å²) in [6.45, 7) is 5.63. The van der Waals surface area contributed by atoms with E-state index in [-0.39, 0.29) is 10.6 Å². The molecule has 36 heavy (non-hydrogen) atoms. The van der Waals surface area contributed by atoms with Crippen molar-refractivity contribution in [1.82, 2.24) is 0 Å². The molecule has 0 aliphatic heterocycles. The Kier molecular flexibility index (Phi) is 7.62. The number of carbonyl (C=O) groups excluding carboxylic acids is 1. The fraction of sp³-hybridized carbons (Fsp3) is 0.0645. The van der Waals surface area contributed by atoms with E-state index in [2.05, 4.69) is 37.8 Å². The summed E-state index contributed by atoms with van der Waals surface area (Å²) in [5, 5.41) is 0. The van der Waals surface area contributed by atoms with Gasteiger partial charge < -0.3 is 0 Å².